The third kappa shape index (κ3) is 3.21. The summed E-state index contributed by atoms with van der Waals surface area (Å²) in [6.07, 6.45) is 8.52. The van der Waals surface area contributed by atoms with Gasteiger partial charge in [-0.15, -0.1) is 0 Å². The van der Waals surface area contributed by atoms with Gasteiger partial charge in [0.25, 0.3) is 0 Å². The third-order valence-corrected chi connectivity index (χ3v) is 4.20. The summed E-state index contributed by atoms with van der Waals surface area (Å²) in [4.78, 5) is 0. The van der Waals surface area contributed by atoms with Gasteiger partial charge in [-0.05, 0) is 43.6 Å². The maximum atomic E-state index is 3.75. The highest BCUT2D eigenvalue weighted by Crippen LogP contribution is 2.45. The standard InChI is InChI=1S/C14H29N/c1-5-14(9-7-8-10-14)13(15-6-2)11-12(3)4/h12-13,15H,5-11H2,1-4H3. The second-order valence-electron chi connectivity index (χ2n) is 5.66. The van der Waals surface area contributed by atoms with Crippen LogP contribution in [-0.2, 0) is 0 Å². The largest absolute Gasteiger partial charge is 0.314 e. The molecule has 1 unspecified atom stereocenters. The lowest BCUT2D eigenvalue weighted by Gasteiger charge is -2.38. The summed E-state index contributed by atoms with van der Waals surface area (Å²) in [6.45, 7) is 10.5. The Morgan fingerprint density at radius 3 is 2.13 bits per heavy atom. The summed E-state index contributed by atoms with van der Waals surface area (Å²) >= 11 is 0. The van der Waals surface area contributed by atoms with Crippen molar-refractivity contribution in [1.29, 1.82) is 0 Å². The highest BCUT2D eigenvalue weighted by atomic mass is 14.9. The molecule has 1 nitrogen and oxygen atoms in total. The SMILES string of the molecule is CCNC(CC(C)C)C1(CC)CCCC1. The summed E-state index contributed by atoms with van der Waals surface area (Å²) in [7, 11) is 0. The zero-order chi connectivity index (χ0) is 11.3. The Hall–Kier alpha value is -0.0400. The van der Waals surface area contributed by atoms with E-state index in [-0.39, 0.29) is 0 Å². The lowest BCUT2D eigenvalue weighted by atomic mass is 9.73. The molecule has 1 atom stereocenters. The smallest absolute Gasteiger partial charge is 0.0126 e. The van der Waals surface area contributed by atoms with E-state index in [1.165, 1.54) is 38.5 Å². The normalized spacial score (nSPS) is 22.2. The third-order valence-electron chi connectivity index (χ3n) is 4.20. The van der Waals surface area contributed by atoms with Gasteiger partial charge in [0.1, 0.15) is 0 Å². The highest BCUT2D eigenvalue weighted by Gasteiger charge is 2.39. The molecule has 0 amide bonds. The van der Waals surface area contributed by atoms with Crippen LogP contribution < -0.4 is 5.32 Å². The molecule has 0 spiro atoms. The quantitative estimate of drug-likeness (QED) is 0.700. The van der Waals surface area contributed by atoms with Gasteiger partial charge < -0.3 is 5.32 Å². The van der Waals surface area contributed by atoms with Crippen molar-refractivity contribution in [3.05, 3.63) is 0 Å². The maximum absolute atomic E-state index is 3.75. The van der Waals surface area contributed by atoms with E-state index in [1.54, 1.807) is 0 Å². The Morgan fingerprint density at radius 1 is 1.13 bits per heavy atom. The number of rotatable bonds is 6. The maximum Gasteiger partial charge on any atom is 0.0126 e. The highest BCUT2D eigenvalue weighted by molar-refractivity contribution is 4.94. The van der Waals surface area contributed by atoms with E-state index in [0.29, 0.717) is 5.41 Å². The van der Waals surface area contributed by atoms with Crippen molar-refractivity contribution in [3.63, 3.8) is 0 Å². The van der Waals surface area contributed by atoms with E-state index in [4.69, 9.17) is 0 Å². The molecule has 15 heavy (non-hydrogen) atoms. The van der Waals surface area contributed by atoms with Crippen LogP contribution >= 0.6 is 0 Å². The van der Waals surface area contributed by atoms with E-state index >= 15 is 0 Å². The molecule has 1 N–H and O–H groups in total. The van der Waals surface area contributed by atoms with Gasteiger partial charge in [-0.3, -0.25) is 0 Å². The average Bonchev–Trinajstić information content (AvgIpc) is 2.66. The number of hydrogen-bond acceptors (Lipinski definition) is 1. The molecule has 0 aromatic heterocycles. The van der Waals surface area contributed by atoms with Gasteiger partial charge >= 0.3 is 0 Å². The van der Waals surface area contributed by atoms with E-state index in [2.05, 4.69) is 33.0 Å². The first-order chi connectivity index (χ1) is 7.14. The Kier molecular flexibility index (Phi) is 5.11. The minimum absolute atomic E-state index is 0.625. The second kappa shape index (κ2) is 5.89. The molecule has 1 saturated carbocycles. The fourth-order valence-corrected chi connectivity index (χ4v) is 3.30. The van der Waals surface area contributed by atoms with E-state index in [1.807, 2.05) is 0 Å². The average molecular weight is 211 g/mol. The van der Waals surface area contributed by atoms with Crippen molar-refractivity contribution in [2.75, 3.05) is 6.54 Å². The molecular weight excluding hydrogens is 182 g/mol. The zero-order valence-corrected chi connectivity index (χ0v) is 11.1. The van der Waals surface area contributed by atoms with E-state index in [9.17, 15) is 0 Å². The first-order valence-electron chi connectivity index (χ1n) is 6.88. The summed E-state index contributed by atoms with van der Waals surface area (Å²) in [5.41, 5.74) is 0.625. The van der Waals surface area contributed by atoms with Crippen LogP contribution in [0.1, 0.15) is 66.2 Å². The van der Waals surface area contributed by atoms with Crippen LogP contribution in [0.2, 0.25) is 0 Å². The summed E-state index contributed by atoms with van der Waals surface area (Å²) in [6, 6.07) is 0.759. The van der Waals surface area contributed by atoms with Gasteiger partial charge in [-0.1, -0.05) is 40.5 Å². The molecule has 0 bridgehead atoms. The fraction of sp³-hybridized carbons (Fsp3) is 1.00. The zero-order valence-electron chi connectivity index (χ0n) is 11.1. The molecule has 90 valence electrons. The van der Waals surface area contributed by atoms with Gasteiger partial charge in [0.2, 0.25) is 0 Å². The van der Waals surface area contributed by atoms with Crippen molar-refractivity contribution in [3.8, 4) is 0 Å². The molecule has 1 aliphatic carbocycles. The monoisotopic (exact) mass is 211 g/mol. The van der Waals surface area contributed by atoms with Crippen LogP contribution in [-0.4, -0.2) is 12.6 Å². The molecule has 0 radical (unpaired) electrons. The predicted molar refractivity (Wildman–Crippen MR) is 68.1 cm³/mol. The lowest BCUT2D eigenvalue weighted by Crippen LogP contribution is -2.44. The predicted octanol–water partition coefficient (Wildman–Crippen LogP) is 3.98. The van der Waals surface area contributed by atoms with Gasteiger partial charge in [-0.2, -0.15) is 0 Å². The van der Waals surface area contributed by atoms with Crippen LogP contribution in [0.3, 0.4) is 0 Å². The molecule has 1 fully saturated rings. The van der Waals surface area contributed by atoms with Crippen LogP contribution in [0, 0.1) is 11.3 Å². The Balaban J connectivity index is 2.66. The first kappa shape index (κ1) is 13.0. The minimum atomic E-state index is 0.625. The van der Waals surface area contributed by atoms with Crippen LogP contribution in [0.5, 0.6) is 0 Å². The number of hydrogen-bond donors (Lipinski definition) is 1. The first-order valence-corrected chi connectivity index (χ1v) is 6.88. The van der Waals surface area contributed by atoms with Crippen molar-refractivity contribution in [2.45, 2.75) is 72.3 Å². The molecule has 1 aliphatic rings. The number of nitrogens with one attached hydrogen (secondary N) is 1. The van der Waals surface area contributed by atoms with Crippen LogP contribution in [0.25, 0.3) is 0 Å². The lowest BCUT2D eigenvalue weighted by molar-refractivity contribution is 0.165. The molecule has 0 aliphatic heterocycles. The topological polar surface area (TPSA) is 12.0 Å². The Labute approximate surface area is 96.0 Å². The van der Waals surface area contributed by atoms with Gasteiger partial charge in [0, 0.05) is 6.04 Å². The van der Waals surface area contributed by atoms with Gasteiger partial charge in [-0.25, -0.2) is 0 Å². The second-order valence-corrected chi connectivity index (χ2v) is 5.66. The molecule has 0 saturated heterocycles. The van der Waals surface area contributed by atoms with Crippen LogP contribution in [0.4, 0.5) is 0 Å². The Bertz CT molecular complexity index is 168. The molecule has 0 aromatic rings. The fourth-order valence-electron chi connectivity index (χ4n) is 3.30. The van der Waals surface area contributed by atoms with Crippen molar-refractivity contribution < 1.29 is 0 Å². The van der Waals surface area contributed by atoms with E-state index < -0.39 is 0 Å². The summed E-state index contributed by atoms with van der Waals surface area (Å²) < 4.78 is 0. The summed E-state index contributed by atoms with van der Waals surface area (Å²) in [5.74, 6) is 0.818. The molecule has 1 heteroatoms. The molecule has 0 aromatic carbocycles. The van der Waals surface area contributed by atoms with E-state index in [0.717, 1.165) is 18.5 Å². The van der Waals surface area contributed by atoms with Crippen molar-refractivity contribution in [1.82, 2.24) is 5.32 Å². The minimum Gasteiger partial charge on any atom is -0.314 e. The molecular formula is C14H29N. The Morgan fingerprint density at radius 2 is 1.73 bits per heavy atom. The molecule has 1 rings (SSSR count). The van der Waals surface area contributed by atoms with Crippen molar-refractivity contribution >= 4 is 0 Å². The van der Waals surface area contributed by atoms with Gasteiger partial charge in [0.05, 0.1) is 0 Å². The summed E-state index contributed by atoms with van der Waals surface area (Å²) in [5, 5.41) is 3.75. The van der Waals surface area contributed by atoms with Crippen molar-refractivity contribution in [2.24, 2.45) is 11.3 Å². The van der Waals surface area contributed by atoms with Crippen LogP contribution in [0.15, 0.2) is 0 Å². The molecule has 0 heterocycles. The van der Waals surface area contributed by atoms with Gasteiger partial charge in [0.15, 0.2) is 0 Å².